The largest absolute Gasteiger partial charge is 0.390 e. The third kappa shape index (κ3) is 2.34. The molecule has 20 heavy (non-hydrogen) atoms. The Hall–Kier alpha value is -1.39. The predicted octanol–water partition coefficient (Wildman–Crippen LogP) is 1.14. The molecule has 4 atom stereocenters. The second-order valence-electron chi connectivity index (χ2n) is 5.99. The van der Waals surface area contributed by atoms with Gasteiger partial charge in [-0.1, -0.05) is 30.7 Å². The SMILES string of the molecule is NCC1CCCC1C(=O)N[C@@H]1c2ccccc2C[C@@H]1O. The molecule has 2 aliphatic carbocycles. The average molecular weight is 274 g/mol. The minimum absolute atomic E-state index is 0.0139. The fourth-order valence-corrected chi connectivity index (χ4v) is 3.67. The van der Waals surface area contributed by atoms with Gasteiger partial charge in [-0.3, -0.25) is 4.79 Å². The number of benzene rings is 1. The number of nitrogens with two attached hydrogens (primary N) is 1. The van der Waals surface area contributed by atoms with Crippen LogP contribution in [0.2, 0.25) is 0 Å². The molecule has 2 aliphatic rings. The molecule has 0 bridgehead atoms. The van der Waals surface area contributed by atoms with E-state index in [1.54, 1.807) is 0 Å². The summed E-state index contributed by atoms with van der Waals surface area (Å²) >= 11 is 0. The van der Waals surface area contributed by atoms with Crippen LogP contribution >= 0.6 is 0 Å². The van der Waals surface area contributed by atoms with E-state index in [9.17, 15) is 9.90 Å². The molecule has 2 unspecified atom stereocenters. The monoisotopic (exact) mass is 274 g/mol. The number of carbonyl (C=O) groups excluding carboxylic acids is 1. The number of hydrogen-bond acceptors (Lipinski definition) is 3. The summed E-state index contributed by atoms with van der Waals surface area (Å²) in [5.74, 6) is 0.363. The number of amides is 1. The van der Waals surface area contributed by atoms with Gasteiger partial charge in [0, 0.05) is 12.3 Å². The number of aliphatic hydroxyl groups excluding tert-OH is 1. The van der Waals surface area contributed by atoms with Crippen molar-refractivity contribution in [2.24, 2.45) is 17.6 Å². The van der Waals surface area contributed by atoms with Crippen molar-refractivity contribution in [3.63, 3.8) is 0 Å². The molecule has 0 aromatic heterocycles. The fraction of sp³-hybridized carbons (Fsp3) is 0.562. The summed E-state index contributed by atoms with van der Waals surface area (Å²) in [6, 6.07) is 7.66. The Morgan fingerprint density at radius 2 is 2.15 bits per heavy atom. The Morgan fingerprint density at radius 3 is 2.95 bits per heavy atom. The number of hydrogen-bond donors (Lipinski definition) is 3. The van der Waals surface area contributed by atoms with Crippen LogP contribution in [0.1, 0.15) is 36.4 Å². The van der Waals surface area contributed by atoms with Crippen LogP contribution in [0.4, 0.5) is 0 Å². The van der Waals surface area contributed by atoms with Crippen LogP contribution in [-0.2, 0) is 11.2 Å². The molecular formula is C16H22N2O2. The van der Waals surface area contributed by atoms with E-state index in [0.29, 0.717) is 18.9 Å². The van der Waals surface area contributed by atoms with Gasteiger partial charge >= 0.3 is 0 Å². The molecule has 4 nitrogen and oxygen atoms in total. The molecule has 0 saturated heterocycles. The van der Waals surface area contributed by atoms with E-state index in [1.807, 2.05) is 24.3 Å². The van der Waals surface area contributed by atoms with Crippen molar-refractivity contribution in [1.82, 2.24) is 5.32 Å². The highest BCUT2D eigenvalue weighted by atomic mass is 16.3. The van der Waals surface area contributed by atoms with E-state index in [-0.39, 0.29) is 17.9 Å². The van der Waals surface area contributed by atoms with Gasteiger partial charge in [0.05, 0.1) is 12.1 Å². The summed E-state index contributed by atoms with van der Waals surface area (Å²) in [6.45, 7) is 0.571. The van der Waals surface area contributed by atoms with Crippen LogP contribution in [0.25, 0.3) is 0 Å². The minimum Gasteiger partial charge on any atom is -0.390 e. The molecule has 0 aliphatic heterocycles. The number of aliphatic hydroxyl groups is 1. The molecule has 3 rings (SSSR count). The van der Waals surface area contributed by atoms with Crippen LogP contribution < -0.4 is 11.1 Å². The van der Waals surface area contributed by atoms with Crippen molar-refractivity contribution >= 4 is 5.91 Å². The van der Waals surface area contributed by atoms with E-state index in [0.717, 1.165) is 30.4 Å². The van der Waals surface area contributed by atoms with Gasteiger partial charge in [-0.25, -0.2) is 0 Å². The zero-order chi connectivity index (χ0) is 14.1. The lowest BCUT2D eigenvalue weighted by Gasteiger charge is -2.23. The van der Waals surface area contributed by atoms with Crippen LogP contribution in [0.15, 0.2) is 24.3 Å². The molecule has 0 radical (unpaired) electrons. The highest BCUT2D eigenvalue weighted by molar-refractivity contribution is 5.80. The first-order valence-corrected chi connectivity index (χ1v) is 7.47. The lowest BCUT2D eigenvalue weighted by Crippen LogP contribution is -2.40. The molecule has 1 amide bonds. The van der Waals surface area contributed by atoms with Gasteiger partial charge < -0.3 is 16.2 Å². The highest BCUT2D eigenvalue weighted by Crippen LogP contribution is 2.34. The Balaban J connectivity index is 1.73. The van der Waals surface area contributed by atoms with Gasteiger partial charge in [0.25, 0.3) is 0 Å². The smallest absolute Gasteiger partial charge is 0.224 e. The van der Waals surface area contributed by atoms with Crippen molar-refractivity contribution in [2.75, 3.05) is 6.54 Å². The average Bonchev–Trinajstić information content (AvgIpc) is 3.04. The van der Waals surface area contributed by atoms with Crippen molar-refractivity contribution in [3.8, 4) is 0 Å². The molecule has 4 heteroatoms. The summed E-state index contributed by atoms with van der Waals surface area (Å²) < 4.78 is 0. The molecule has 0 spiro atoms. The molecule has 1 aromatic carbocycles. The van der Waals surface area contributed by atoms with Gasteiger partial charge in [0.15, 0.2) is 0 Å². The van der Waals surface area contributed by atoms with Gasteiger partial charge in [-0.15, -0.1) is 0 Å². The predicted molar refractivity (Wildman–Crippen MR) is 76.9 cm³/mol. The van der Waals surface area contributed by atoms with E-state index in [2.05, 4.69) is 5.32 Å². The van der Waals surface area contributed by atoms with E-state index in [1.165, 1.54) is 0 Å². The normalized spacial score (nSPS) is 32.1. The molecule has 1 aromatic rings. The third-order valence-corrected chi connectivity index (χ3v) is 4.80. The first-order valence-electron chi connectivity index (χ1n) is 7.47. The lowest BCUT2D eigenvalue weighted by atomic mass is 9.94. The molecule has 4 N–H and O–H groups in total. The topological polar surface area (TPSA) is 75.4 Å². The Morgan fingerprint density at radius 1 is 1.35 bits per heavy atom. The summed E-state index contributed by atoms with van der Waals surface area (Å²) in [4.78, 5) is 12.4. The number of nitrogens with one attached hydrogen (secondary N) is 1. The second-order valence-corrected chi connectivity index (χ2v) is 5.99. The summed E-state index contributed by atoms with van der Waals surface area (Å²) in [6.07, 6.45) is 3.13. The number of rotatable bonds is 3. The third-order valence-electron chi connectivity index (χ3n) is 4.80. The van der Waals surface area contributed by atoms with Crippen molar-refractivity contribution in [3.05, 3.63) is 35.4 Å². The van der Waals surface area contributed by atoms with Crippen molar-refractivity contribution in [2.45, 2.75) is 37.8 Å². The second kappa shape index (κ2) is 5.54. The van der Waals surface area contributed by atoms with Crippen LogP contribution in [-0.4, -0.2) is 23.7 Å². The first kappa shape index (κ1) is 13.6. The standard InChI is InChI=1S/C16H22N2O2/c17-9-11-5-3-7-13(11)16(20)18-15-12-6-2-1-4-10(12)8-14(15)19/h1-2,4,6,11,13-15,19H,3,5,7-9,17H2,(H,18,20)/t11?,13?,14-,15+/m0/s1. The maximum absolute atomic E-state index is 12.4. The summed E-state index contributed by atoms with van der Waals surface area (Å²) in [5.41, 5.74) is 7.93. The number of carbonyl (C=O) groups is 1. The van der Waals surface area contributed by atoms with Gasteiger partial charge in [-0.05, 0) is 36.4 Å². The maximum Gasteiger partial charge on any atom is 0.224 e. The Bertz CT molecular complexity index is 503. The highest BCUT2D eigenvalue weighted by Gasteiger charge is 2.37. The van der Waals surface area contributed by atoms with Crippen molar-refractivity contribution < 1.29 is 9.90 Å². The molecule has 1 fully saturated rings. The van der Waals surface area contributed by atoms with Gasteiger partial charge in [0.1, 0.15) is 0 Å². The molecule has 0 heterocycles. The van der Waals surface area contributed by atoms with Gasteiger partial charge in [0.2, 0.25) is 5.91 Å². The van der Waals surface area contributed by atoms with Crippen LogP contribution in [0, 0.1) is 11.8 Å². The summed E-state index contributed by atoms with van der Waals surface area (Å²) in [7, 11) is 0. The number of fused-ring (bicyclic) bond motifs is 1. The molecule has 108 valence electrons. The summed E-state index contributed by atoms with van der Waals surface area (Å²) in [5, 5.41) is 13.2. The van der Waals surface area contributed by atoms with Crippen molar-refractivity contribution in [1.29, 1.82) is 0 Å². The zero-order valence-electron chi connectivity index (χ0n) is 11.6. The zero-order valence-corrected chi connectivity index (χ0v) is 11.6. The van der Waals surface area contributed by atoms with E-state index >= 15 is 0 Å². The van der Waals surface area contributed by atoms with E-state index in [4.69, 9.17) is 5.73 Å². The fourth-order valence-electron chi connectivity index (χ4n) is 3.67. The Labute approximate surface area is 119 Å². The Kier molecular flexibility index (Phi) is 3.76. The molecule has 1 saturated carbocycles. The maximum atomic E-state index is 12.4. The first-order chi connectivity index (χ1) is 9.70. The van der Waals surface area contributed by atoms with Crippen LogP contribution in [0.3, 0.4) is 0 Å². The van der Waals surface area contributed by atoms with Crippen LogP contribution in [0.5, 0.6) is 0 Å². The molecular weight excluding hydrogens is 252 g/mol. The van der Waals surface area contributed by atoms with E-state index < -0.39 is 6.10 Å². The lowest BCUT2D eigenvalue weighted by molar-refractivity contribution is -0.127. The van der Waals surface area contributed by atoms with Gasteiger partial charge in [-0.2, -0.15) is 0 Å². The quantitative estimate of drug-likeness (QED) is 0.773. The minimum atomic E-state index is -0.519.